The molecular weight excluding hydrogens is 276 g/mol. The topological polar surface area (TPSA) is 89.3 Å². The van der Waals surface area contributed by atoms with E-state index in [0.29, 0.717) is 6.42 Å². The van der Waals surface area contributed by atoms with E-state index in [1.54, 1.807) is 6.92 Å². The van der Waals surface area contributed by atoms with Gasteiger partial charge in [0, 0.05) is 6.04 Å². The molecule has 0 saturated carbocycles. The standard InChI is InChI=1S/C11H15ClN2O3S/c1-3-7(2)14-18(16,17)8-4-5-10(12)9(6-8)11(13)15/h4-7,14H,3H2,1-2H3,(H2,13,15)/t7-/m0/s1. The third-order valence-corrected chi connectivity index (χ3v) is 4.40. The van der Waals surface area contributed by atoms with E-state index in [1.165, 1.54) is 18.2 Å². The SMILES string of the molecule is CC[C@H](C)NS(=O)(=O)c1ccc(Cl)c(C(N)=O)c1. The summed E-state index contributed by atoms with van der Waals surface area (Å²) in [6.07, 6.45) is 0.662. The first kappa shape index (κ1) is 14.9. The molecule has 0 aliphatic heterocycles. The number of carbonyl (C=O) groups is 1. The fourth-order valence-electron chi connectivity index (χ4n) is 1.28. The highest BCUT2D eigenvalue weighted by Gasteiger charge is 2.19. The minimum absolute atomic E-state index is 0.0105. The van der Waals surface area contributed by atoms with Gasteiger partial charge < -0.3 is 5.73 Å². The first-order valence-electron chi connectivity index (χ1n) is 5.39. The fourth-order valence-corrected chi connectivity index (χ4v) is 2.84. The molecule has 5 nitrogen and oxygen atoms in total. The molecule has 1 rings (SSSR count). The molecule has 0 fully saturated rings. The summed E-state index contributed by atoms with van der Waals surface area (Å²) in [5.41, 5.74) is 5.11. The molecule has 1 aromatic rings. The molecule has 0 aromatic heterocycles. The number of halogens is 1. The predicted octanol–water partition coefficient (Wildman–Crippen LogP) is 1.52. The molecule has 0 aliphatic rings. The Balaban J connectivity index is 3.18. The number of hydrogen-bond acceptors (Lipinski definition) is 3. The van der Waals surface area contributed by atoms with Crippen molar-refractivity contribution in [3.8, 4) is 0 Å². The molecule has 0 spiro atoms. The van der Waals surface area contributed by atoms with Gasteiger partial charge in [-0.15, -0.1) is 0 Å². The van der Waals surface area contributed by atoms with Crippen LogP contribution < -0.4 is 10.5 Å². The van der Waals surface area contributed by atoms with Crippen LogP contribution in [-0.2, 0) is 10.0 Å². The lowest BCUT2D eigenvalue weighted by Gasteiger charge is -2.12. The molecule has 100 valence electrons. The quantitative estimate of drug-likeness (QED) is 0.861. The van der Waals surface area contributed by atoms with Gasteiger partial charge in [-0.1, -0.05) is 18.5 Å². The molecule has 0 bridgehead atoms. The van der Waals surface area contributed by atoms with Crippen molar-refractivity contribution in [3.05, 3.63) is 28.8 Å². The molecule has 0 aliphatic carbocycles. The molecule has 1 atom stereocenters. The van der Waals surface area contributed by atoms with Gasteiger partial charge in [-0.3, -0.25) is 4.79 Å². The maximum atomic E-state index is 12.0. The number of sulfonamides is 1. The van der Waals surface area contributed by atoms with Gasteiger partial charge in [0.15, 0.2) is 0 Å². The van der Waals surface area contributed by atoms with Crippen molar-refractivity contribution in [2.45, 2.75) is 31.2 Å². The molecule has 1 aromatic carbocycles. The lowest BCUT2D eigenvalue weighted by atomic mass is 10.2. The zero-order valence-corrected chi connectivity index (χ0v) is 11.7. The Labute approximate surface area is 111 Å². The van der Waals surface area contributed by atoms with Gasteiger partial charge in [-0.05, 0) is 31.5 Å². The lowest BCUT2D eigenvalue weighted by Crippen LogP contribution is -2.32. The van der Waals surface area contributed by atoms with Gasteiger partial charge in [0.05, 0.1) is 15.5 Å². The number of nitrogens with one attached hydrogen (secondary N) is 1. The van der Waals surface area contributed by atoms with Crippen LogP contribution in [0.4, 0.5) is 0 Å². The highest BCUT2D eigenvalue weighted by Crippen LogP contribution is 2.20. The van der Waals surface area contributed by atoms with Gasteiger partial charge in [-0.2, -0.15) is 0 Å². The summed E-state index contributed by atoms with van der Waals surface area (Å²) in [6, 6.07) is 3.66. The van der Waals surface area contributed by atoms with E-state index in [1.807, 2.05) is 6.92 Å². The average Bonchev–Trinajstić information content (AvgIpc) is 2.28. The Hall–Kier alpha value is -1.11. The van der Waals surface area contributed by atoms with Crippen molar-refractivity contribution < 1.29 is 13.2 Å². The van der Waals surface area contributed by atoms with Crippen LogP contribution in [0, 0.1) is 0 Å². The van der Waals surface area contributed by atoms with Crippen LogP contribution in [0.3, 0.4) is 0 Å². The van der Waals surface area contributed by atoms with Crippen LogP contribution in [0.25, 0.3) is 0 Å². The average molecular weight is 291 g/mol. The van der Waals surface area contributed by atoms with Crippen LogP contribution in [0.15, 0.2) is 23.1 Å². The largest absolute Gasteiger partial charge is 0.366 e. The van der Waals surface area contributed by atoms with Crippen molar-refractivity contribution in [1.29, 1.82) is 0 Å². The molecule has 0 saturated heterocycles. The van der Waals surface area contributed by atoms with Crippen molar-refractivity contribution in [2.75, 3.05) is 0 Å². The number of nitrogens with two attached hydrogens (primary N) is 1. The van der Waals surface area contributed by atoms with Crippen molar-refractivity contribution in [3.63, 3.8) is 0 Å². The maximum Gasteiger partial charge on any atom is 0.250 e. The van der Waals surface area contributed by atoms with Crippen molar-refractivity contribution >= 4 is 27.5 Å². The Morgan fingerprint density at radius 1 is 1.50 bits per heavy atom. The molecule has 0 heterocycles. The summed E-state index contributed by atoms with van der Waals surface area (Å²) in [6.45, 7) is 3.62. The first-order valence-corrected chi connectivity index (χ1v) is 7.25. The zero-order valence-electron chi connectivity index (χ0n) is 10.1. The third kappa shape index (κ3) is 3.44. The molecule has 18 heavy (non-hydrogen) atoms. The van der Waals surface area contributed by atoms with E-state index in [0.717, 1.165) is 0 Å². The van der Waals surface area contributed by atoms with Crippen LogP contribution in [0.5, 0.6) is 0 Å². The Morgan fingerprint density at radius 3 is 2.61 bits per heavy atom. The number of primary amides is 1. The summed E-state index contributed by atoms with van der Waals surface area (Å²) in [5.74, 6) is -0.763. The lowest BCUT2D eigenvalue weighted by molar-refractivity contribution is 0.1000. The first-order chi connectivity index (χ1) is 8.27. The van der Waals surface area contributed by atoms with Crippen molar-refractivity contribution in [2.24, 2.45) is 5.73 Å². The predicted molar refractivity (Wildman–Crippen MR) is 70.0 cm³/mol. The Morgan fingerprint density at radius 2 is 2.11 bits per heavy atom. The summed E-state index contributed by atoms with van der Waals surface area (Å²) in [4.78, 5) is 11.1. The molecule has 3 N–H and O–H groups in total. The molecular formula is C11H15ClN2O3S. The minimum atomic E-state index is -3.66. The number of hydrogen-bond donors (Lipinski definition) is 2. The second kappa shape index (κ2) is 5.69. The van der Waals surface area contributed by atoms with E-state index in [2.05, 4.69) is 4.72 Å². The highest BCUT2D eigenvalue weighted by molar-refractivity contribution is 7.89. The number of amides is 1. The molecule has 0 radical (unpaired) electrons. The van der Waals surface area contributed by atoms with Gasteiger partial charge in [0.2, 0.25) is 15.9 Å². The van der Waals surface area contributed by atoms with Crippen LogP contribution in [0.2, 0.25) is 5.02 Å². The second-order valence-corrected chi connectivity index (χ2v) is 6.06. The van der Waals surface area contributed by atoms with E-state index in [-0.39, 0.29) is 21.5 Å². The smallest absolute Gasteiger partial charge is 0.250 e. The molecule has 7 heteroatoms. The van der Waals surface area contributed by atoms with Crippen molar-refractivity contribution in [1.82, 2.24) is 4.72 Å². The number of carbonyl (C=O) groups excluding carboxylic acids is 1. The monoisotopic (exact) mass is 290 g/mol. The maximum absolute atomic E-state index is 12.0. The summed E-state index contributed by atoms with van der Waals surface area (Å²) in [5, 5.41) is 0.130. The Kier molecular flexibility index (Phi) is 4.72. The van der Waals surface area contributed by atoms with E-state index in [4.69, 9.17) is 17.3 Å². The van der Waals surface area contributed by atoms with Crippen LogP contribution in [0.1, 0.15) is 30.6 Å². The van der Waals surface area contributed by atoms with Crippen LogP contribution in [-0.4, -0.2) is 20.4 Å². The minimum Gasteiger partial charge on any atom is -0.366 e. The summed E-state index contributed by atoms with van der Waals surface area (Å²) in [7, 11) is -3.66. The second-order valence-electron chi connectivity index (χ2n) is 3.94. The fraction of sp³-hybridized carbons (Fsp3) is 0.364. The molecule has 1 amide bonds. The van der Waals surface area contributed by atoms with Crippen LogP contribution >= 0.6 is 11.6 Å². The molecule has 0 unspecified atom stereocenters. The normalized spacial score (nSPS) is 13.3. The third-order valence-electron chi connectivity index (χ3n) is 2.48. The van der Waals surface area contributed by atoms with Gasteiger partial charge >= 0.3 is 0 Å². The van der Waals surface area contributed by atoms with E-state index < -0.39 is 15.9 Å². The highest BCUT2D eigenvalue weighted by atomic mass is 35.5. The number of rotatable bonds is 5. The summed E-state index contributed by atoms with van der Waals surface area (Å²) >= 11 is 5.76. The zero-order chi connectivity index (χ0) is 13.9. The number of benzene rings is 1. The summed E-state index contributed by atoms with van der Waals surface area (Å²) < 4.78 is 26.4. The van der Waals surface area contributed by atoms with Gasteiger partial charge in [-0.25, -0.2) is 13.1 Å². The van der Waals surface area contributed by atoms with Gasteiger partial charge in [0.25, 0.3) is 0 Å². The Bertz CT molecular complexity index is 557. The van der Waals surface area contributed by atoms with E-state index >= 15 is 0 Å². The van der Waals surface area contributed by atoms with E-state index in [9.17, 15) is 13.2 Å². The van der Waals surface area contributed by atoms with Gasteiger partial charge in [0.1, 0.15) is 0 Å².